The maximum absolute atomic E-state index is 5.52. The van der Waals surface area contributed by atoms with Crippen LogP contribution in [0.25, 0.3) is 0 Å². The fourth-order valence-electron chi connectivity index (χ4n) is 3.44. The summed E-state index contributed by atoms with van der Waals surface area (Å²) in [5.41, 5.74) is 1.04. The Morgan fingerprint density at radius 2 is 2.11 bits per heavy atom. The summed E-state index contributed by atoms with van der Waals surface area (Å²) in [6, 6.07) is 0.488. The van der Waals surface area contributed by atoms with Crippen molar-refractivity contribution >= 4 is 17.3 Å². The summed E-state index contributed by atoms with van der Waals surface area (Å²) in [4.78, 5) is 13.8. The number of thiazole rings is 1. The predicted molar refractivity (Wildman–Crippen MR) is 116 cm³/mol. The van der Waals surface area contributed by atoms with Gasteiger partial charge in [-0.2, -0.15) is 0 Å². The minimum absolute atomic E-state index is 0.0341. The van der Waals surface area contributed by atoms with Crippen molar-refractivity contribution in [1.82, 2.24) is 20.1 Å². The third kappa shape index (κ3) is 6.99. The second-order valence-corrected chi connectivity index (χ2v) is 8.66. The first-order valence-corrected chi connectivity index (χ1v) is 11.0. The molecule has 0 radical (unpaired) electrons. The molecule has 1 aliphatic rings. The van der Waals surface area contributed by atoms with E-state index in [2.05, 4.69) is 46.4 Å². The van der Waals surface area contributed by atoms with Crippen molar-refractivity contribution in [3.8, 4) is 0 Å². The van der Waals surface area contributed by atoms with Crippen LogP contribution in [0, 0.1) is 5.92 Å². The van der Waals surface area contributed by atoms with Crippen LogP contribution in [-0.4, -0.2) is 80.8 Å². The maximum atomic E-state index is 5.52. The SMILES string of the molecule is CN=C(NCC(CC(C)C)N1CCOCC1)N(C)Cc1csc(C(C)OC)n1. The average Bonchev–Trinajstić information content (AvgIpc) is 3.15. The normalized spacial score (nSPS) is 18.3. The topological polar surface area (TPSA) is 62.2 Å². The van der Waals surface area contributed by atoms with Gasteiger partial charge in [-0.05, 0) is 19.3 Å². The number of aromatic nitrogens is 1. The molecule has 7 nitrogen and oxygen atoms in total. The molecule has 0 spiro atoms. The maximum Gasteiger partial charge on any atom is 0.193 e. The molecule has 2 unspecified atom stereocenters. The van der Waals surface area contributed by atoms with Crippen LogP contribution in [0.3, 0.4) is 0 Å². The lowest BCUT2D eigenvalue weighted by Crippen LogP contribution is -2.51. The van der Waals surface area contributed by atoms with Gasteiger partial charge in [0.2, 0.25) is 0 Å². The van der Waals surface area contributed by atoms with Gasteiger partial charge in [-0.3, -0.25) is 9.89 Å². The van der Waals surface area contributed by atoms with Crippen LogP contribution in [0.15, 0.2) is 10.4 Å². The van der Waals surface area contributed by atoms with Crippen LogP contribution in [0.2, 0.25) is 0 Å². The highest BCUT2D eigenvalue weighted by Gasteiger charge is 2.22. The van der Waals surface area contributed by atoms with Gasteiger partial charge in [0.1, 0.15) is 11.1 Å². The van der Waals surface area contributed by atoms with Gasteiger partial charge in [-0.15, -0.1) is 11.3 Å². The zero-order valence-electron chi connectivity index (χ0n) is 18.3. The molecule has 0 saturated carbocycles. The first-order chi connectivity index (χ1) is 13.4. The lowest BCUT2D eigenvalue weighted by Gasteiger charge is -2.36. The van der Waals surface area contributed by atoms with E-state index in [1.165, 1.54) is 0 Å². The first kappa shape index (κ1) is 23.1. The summed E-state index contributed by atoms with van der Waals surface area (Å²) in [5, 5.41) is 6.69. The molecule has 1 fully saturated rings. The van der Waals surface area contributed by atoms with E-state index in [9.17, 15) is 0 Å². The molecule has 1 N–H and O–H groups in total. The number of hydrogen-bond acceptors (Lipinski definition) is 6. The van der Waals surface area contributed by atoms with Gasteiger partial charge in [0.25, 0.3) is 0 Å². The number of ether oxygens (including phenoxy) is 2. The smallest absolute Gasteiger partial charge is 0.193 e. The molecule has 0 aromatic carbocycles. The van der Waals surface area contributed by atoms with E-state index in [1.54, 1.807) is 18.4 Å². The lowest BCUT2D eigenvalue weighted by atomic mass is 10.0. The minimum atomic E-state index is 0.0341. The summed E-state index contributed by atoms with van der Waals surface area (Å²) in [5.74, 6) is 1.56. The summed E-state index contributed by atoms with van der Waals surface area (Å²) in [6.07, 6.45) is 1.20. The van der Waals surface area contributed by atoms with Gasteiger partial charge in [-0.25, -0.2) is 4.98 Å². The quantitative estimate of drug-likeness (QED) is 0.498. The lowest BCUT2D eigenvalue weighted by molar-refractivity contribution is 0.0131. The monoisotopic (exact) mass is 411 g/mol. The van der Waals surface area contributed by atoms with Crippen LogP contribution in [0.1, 0.15) is 44.0 Å². The van der Waals surface area contributed by atoms with Crippen molar-refractivity contribution in [2.75, 3.05) is 54.1 Å². The molecule has 1 aromatic rings. The standard InChI is InChI=1S/C20H37N5O2S/c1-15(2)11-18(25-7-9-27-10-8-25)12-22-20(21-4)24(5)13-17-14-28-19(23-17)16(3)26-6/h14-16,18H,7-13H2,1-6H3,(H,21,22). The number of methoxy groups -OCH3 is 1. The Balaban J connectivity index is 1.92. The highest BCUT2D eigenvalue weighted by molar-refractivity contribution is 7.09. The number of hydrogen-bond donors (Lipinski definition) is 1. The van der Waals surface area contributed by atoms with E-state index in [-0.39, 0.29) is 6.10 Å². The van der Waals surface area contributed by atoms with E-state index in [0.29, 0.717) is 12.0 Å². The number of morpholine rings is 1. The third-order valence-electron chi connectivity index (χ3n) is 5.04. The first-order valence-electron chi connectivity index (χ1n) is 10.1. The van der Waals surface area contributed by atoms with Crippen LogP contribution in [-0.2, 0) is 16.0 Å². The Kier molecular flexibility index (Phi) is 9.64. The number of nitrogens with one attached hydrogen (secondary N) is 1. The van der Waals surface area contributed by atoms with Crippen molar-refractivity contribution in [2.24, 2.45) is 10.9 Å². The van der Waals surface area contributed by atoms with E-state index in [0.717, 1.165) is 62.5 Å². The zero-order chi connectivity index (χ0) is 20.5. The number of aliphatic imine (C=N–C) groups is 1. The largest absolute Gasteiger partial charge is 0.379 e. The van der Waals surface area contributed by atoms with Gasteiger partial charge in [0.15, 0.2) is 5.96 Å². The summed E-state index contributed by atoms with van der Waals surface area (Å²) in [7, 11) is 5.61. The fourth-order valence-corrected chi connectivity index (χ4v) is 4.28. The summed E-state index contributed by atoms with van der Waals surface area (Å²) >= 11 is 1.65. The van der Waals surface area contributed by atoms with E-state index in [4.69, 9.17) is 14.5 Å². The number of rotatable bonds is 9. The fraction of sp³-hybridized carbons (Fsp3) is 0.800. The molecule has 1 saturated heterocycles. The van der Waals surface area contributed by atoms with Gasteiger partial charge in [-0.1, -0.05) is 13.8 Å². The Morgan fingerprint density at radius 1 is 1.39 bits per heavy atom. The molecule has 1 aromatic heterocycles. The van der Waals surface area contributed by atoms with Crippen LogP contribution < -0.4 is 5.32 Å². The van der Waals surface area contributed by atoms with Crippen LogP contribution >= 0.6 is 11.3 Å². The molecule has 0 amide bonds. The molecule has 2 heterocycles. The van der Waals surface area contributed by atoms with E-state index < -0.39 is 0 Å². The second kappa shape index (κ2) is 11.7. The predicted octanol–water partition coefficient (Wildman–Crippen LogP) is 2.60. The molecule has 0 aliphatic carbocycles. The summed E-state index contributed by atoms with van der Waals surface area (Å²) < 4.78 is 10.9. The van der Waals surface area contributed by atoms with Gasteiger partial charge < -0.3 is 19.7 Å². The van der Waals surface area contributed by atoms with Crippen LogP contribution in [0.4, 0.5) is 0 Å². The van der Waals surface area contributed by atoms with Crippen molar-refractivity contribution in [2.45, 2.75) is 45.9 Å². The summed E-state index contributed by atoms with van der Waals surface area (Å²) in [6.45, 7) is 11.9. The molecular weight excluding hydrogens is 374 g/mol. The van der Waals surface area contributed by atoms with Crippen molar-refractivity contribution < 1.29 is 9.47 Å². The molecular formula is C20H37N5O2S. The van der Waals surface area contributed by atoms with Gasteiger partial charge in [0, 0.05) is 52.3 Å². The van der Waals surface area contributed by atoms with Crippen LogP contribution in [0.5, 0.6) is 0 Å². The second-order valence-electron chi connectivity index (χ2n) is 7.77. The number of nitrogens with zero attached hydrogens (tertiary/aromatic N) is 4. The average molecular weight is 412 g/mol. The Labute approximate surface area is 174 Å². The molecule has 28 heavy (non-hydrogen) atoms. The minimum Gasteiger partial charge on any atom is -0.379 e. The Morgan fingerprint density at radius 3 is 2.71 bits per heavy atom. The zero-order valence-corrected chi connectivity index (χ0v) is 19.1. The molecule has 8 heteroatoms. The van der Waals surface area contributed by atoms with Gasteiger partial charge >= 0.3 is 0 Å². The molecule has 1 aliphatic heterocycles. The van der Waals surface area contributed by atoms with Crippen molar-refractivity contribution in [3.63, 3.8) is 0 Å². The highest BCUT2D eigenvalue weighted by Crippen LogP contribution is 2.21. The van der Waals surface area contributed by atoms with E-state index in [1.807, 2.05) is 14.0 Å². The Hall–Kier alpha value is -1.22. The molecule has 160 valence electrons. The van der Waals surface area contributed by atoms with Crippen molar-refractivity contribution in [3.05, 3.63) is 16.1 Å². The molecule has 2 atom stereocenters. The Bertz CT molecular complexity index is 601. The van der Waals surface area contributed by atoms with Crippen molar-refractivity contribution in [1.29, 1.82) is 0 Å². The molecule has 2 rings (SSSR count). The highest BCUT2D eigenvalue weighted by atomic mass is 32.1. The molecule has 0 bridgehead atoms. The number of guanidine groups is 1. The third-order valence-corrected chi connectivity index (χ3v) is 6.10. The van der Waals surface area contributed by atoms with Gasteiger partial charge in [0.05, 0.1) is 25.5 Å². The van der Waals surface area contributed by atoms with E-state index >= 15 is 0 Å².